The minimum Gasteiger partial charge on any atom is -0.356 e. The van der Waals surface area contributed by atoms with E-state index in [1.807, 2.05) is 6.07 Å². The van der Waals surface area contributed by atoms with E-state index in [2.05, 4.69) is 9.97 Å². The van der Waals surface area contributed by atoms with E-state index in [0.717, 1.165) is 18.5 Å². The number of anilines is 1. The van der Waals surface area contributed by atoms with Crippen LogP contribution < -0.4 is 4.90 Å². The summed E-state index contributed by atoms with van der Waals surface area (Å²) in [6.45, 7) is 0.665. The standard InChI is InChI=1S/C14H18F3N3/c15-14(16,17)11-5-2-6-20(8-11)13-7-12(18-9-19-13)10-3-1-4-10/h7,9-11H,1-6,8H2. The molecule has 20 heavy (non-hydrogen) atoms. The Balaban J connectivity index is 1.74. The molecule has 1 saturated heterocycles. The van der Waals surface area contributed by atoms with E-state index in [1.54, 1.807) is 4.90 Å². The van der Waals surface area contributed by atoms with Gasteiger partial charge in [0.25, 0.3) is 0 Å². The fourth-order valence-corrected chi connectivity index (χ4v) is 2.91. The van der Waals surface area contributed by atoms with Crippen molar-refractivity contribution in [3.05, 3.63) is 18.1 Å². The zero-order valence-electron chi connectivity index (χ0n) is 11.2. The first kappa shape index (κ1) is 13.6. The lowest BCUT2D eigenvalue weighted by molar-refractivity contribution is -0.176. The van der Waals surface area contributed by atoms with Crippen LogP contribution in [0, 0.1) is 5.92 Å². The summed E-state index contributed by atoms with van der Waals surface area (Å²) in [5, 5.41) is 0. The third-order valence-electron chi connectivity index (χ3n) is 4.41. The molecule has 2 heterocycles. The Morgan fingerprint density at radius 3 is 2.55 bits per heavy atom. The molecule has 0 bridgehead atoms. The van der Waals surface area contributed by atoms with E-state index in [4.69, 9.17) is 0 Å². The largest absolute Gasteiger partial charge is 0.393 e. The number of aromatic nitrogens is 2. The van der Waals surface area contributed by atoms with Crippen molar-refractivity contribution in [3.63, 3.8) is 0 Å². The van der Waals surface area contributed by atoms with E-state index in [9.17, 15) is 13.2 Å². The molecule has 1 atom stereocenters. The van der Waals surface area contributed by atoms with Gasteiger partial charge in [0.05, 0.1) is 5.92 Å². The van der Waals surface area contributed by atoms with Crippen LogP contribution in [0.4, 0.5) is 19.0 Å². The lowest BCUT2D eigenvalue weighted by atomic mass is 9.83. The van der Waals surface area contributed by atoms with Crippen LogP contribution in [0.3, 0.4) is 0 Å². The Morgan fingerprint density at radius 2 is 1.90 bits per heavy atom. The summed E-state index contributed by atoms with van der Waals surface area (Å²) >= 11 is 0. The average Bonchev–Trinajstić information content (AvgIpc) is 2.36. The molecule has 2 fully saturated rings. The highest BCUT2D eigenvalue weighted by molar-refractivity contribution is 5.40. The maximum absolute atomic E-state index is 12.8. The highest BCUT2D eigenvalue weighted by atomic mass is 19.4. The van der Waals surface area contributed by atoms with Crippen LogP contribution in [0.25, 0.3) is 0 Å². The van der Waals surface area contributed by atoms with Crippen molar-refractivity contribution in [1.82, 2.24) is 9.97 Å². The molecule has 0 spiro atoms. The number of nitrogens with zero attached hydrogens (tertiary/aromatic N) is 3. The van der Waals surface area contributed by atoms with Crippen molar-refractivity contribution in [2.45, 2.75) is 44.2 Å². The van der Waals surface area contributed by atoms with Gasteiger partial charge in [0.1, 0.15) is 12.1 Å². The summed E-state index contributed by atoms with van der Waals surface area (Å²) in [7, 11) is 0. The molecule has 3 nitrogen and oxygen atoms in total. The summed E-state index contributed by atoms with van der Waals surface area (Å²) < 4.78 is 38.5. The number of halogens is 3. The Bertz CT molecular complexity index is 471. The number of hydrogen-bond acceptors (Lipinski definition) is 3. The van der Waals surface area contributed by atoms with Crippen molar-refractivity contribution in [2.24, 2.45) is 5.92 Å². The molecule has 0 amide bonds. The second kappa shape index (κ2) is 5.22. The van der Waals surface area contributed by atoms with Crippen LogP contribution in [-0.2, 0) is 0 Å². The van der Waals surface area contributed by atoms with E-state index >= 15 is 0 Å². The van der Waals surface area contributed by atoms with Gasteiger partial charge in [-0.2, -0.15) is 13.2 Å². The minimum absolute atomic E-state index is 0.0185. The Morgan fingerprint density at radius 1 is 1.10 bits per heavy atom. The smallest absolute Gasteiger partial charge is 0.356 e. The molecule has 1 aromatic heterocycles. The minimum atomic E-state index is -4.11. The number of alkyl halides is 3. The van der Waals surface area contributed by atoms with Gasteiger partial charge in [0.15, 0.2) is 0 Å². The number of hydrogen-bond donors (Lipinski definition) is 0. The van der Waals surface area contributed by atoms with Crippen molar-refractivity contribution < 1.29 is 13.2 Å². The molecule has 3 rings (SSSR count). The molecule has 0 aromatic carbocycles. The van der Waals surface area contributed by atoms with Crippen LogP contribution in [0.15, 0.2) is 12.4 Å². The molecule has 0 radical (unpaired) electrons. The first-order valence-corrected chi connectivity index (χ1v) is 7.17. The van der Waals surface area contributed by atoms with Crippen molar-refractivity contribution >= 4 is 5.82 Å². The molecule has 1 aliphatic heterocycles. The van der Waals surface area contributed by atoms with E-state index in [1.165, 1.54) is 12.7 Å². The summed E-state index contributed by atoms with van der Waals surface area (Å²) in [6.07, 6.45) is 1.63. The fourth-order valence-electron chi connectivity index (χ4n) is 2.91. The highest BCUT2D eigenvalue weighted by Gasteiger charge is 2.42. The van der Waals surface area contributed by atoms with Gasteiger partial charge >= 0.3 is 6.18 Å². The van der Waals surface area contributed by atoms with Crippen LogP contribution in [0.1, 0.15) is 43.7 Å². The highest BCUT2D eigenvalue weighted by Crippen LogP contribution is 2.37. The lowest BCUT2D eigenvalue weighted by Gasteiger charge is -2.35. The van der Waals surface area contributed by atoms with Crippen molar-refractivity contribution in [2.75, 3.05) is 18.0 Å². The molecule has 110 valence electrons. The van der Waals surface area contributed by atoms with Crippen LogP contribution in [0.2, 0.25) is 0 Å². The SMILES string of the molecule is FC(F)(F)C1CCCN(c2cc(C3CCC3)ncn2)C1. The van der Waals surface area contributed by atoms with Gasteiger partial charge in [-0.05, 0) is 25.7 Å². The van der Waals surface area contributed by atoms with Crippen molar-refractivity contribution in [3.8, 4) is 0 Å². The zero-order valence-corrected chi connectivity index (χ0v) is 11.2. The zero-order chi connectivity index (χ0) is 14.2. The predicted molar refractivity (Wildman–Crippen MR) is 69.6 cm³/mol. The van der Waals surface area contributed by atoms with Gasteiger partial charge in [0, 0.05) is 30.8 Å². The second-order valence-corrected chi connectivity index (χ2v) is 5.76. The first-order chi connectivity index (χ1) is 9.54. The summed E-state index contributed by atoms with van der Waals surface area (Å²) in [5.74, 6) is -0.117. The van der Waals surface area contributed by atoms with E-state index < -0.39 is 12.1 Å². The lowest BCUT2D eigenvalue weighted by Crippen LogP contribution is -2.42. The van der Waals surface area contributed by atoms with Crippen LogP contribution in [-0.4, -0.2) is 29.2 Å². The maximum atomic E-state index is 12.8. The fraction of sp³-hybridized carbons (Fsp3) is 0.714. The first-order valence-electron chi connectivity index (χ1n) is 7.17. The van der Waals surface area contributed by atoms with Gasteiger partial charge in [0.2, 0.25) is 0 Å². The second-order valence-electron chi connectivity index (χ2n) is 5.76. The Labute approximate surface area is 116 Å². The third-order valence-corrected chi connectivity index (χ3v) is 4.41. The molecular formula is C14H18F3N3. The molecule has 1 saturated carbocycles. The molecule has 1 aliphatic carbocycles. The average molecular weight is 285 g/mol. The normalized spacial score (nSPS) is 24.6. The molecule has 1 aromatic rings. The van der Waals surface area contributed by atoms with E-state index in [-0.39, 0.29) is 13.0 Å². The topological polar surface area (TPSA) is 29.0 Å². The van der Waals surface area contributed by atoms with E-state index in [0.29, 0.717) is 24.7 Å². The number of piperidine rings is 1. The predicted octanol–water partition coefficient (Wildman–Crippen LogP) is 3.52. The molecule has 1 unspecified atom stereocenters. The number of rotatable bonds is 2. The van der Waals surface area contributed by atoms with Gasteiger partial charge < -0.3 is 4.90 Å². The quantitative estimate of drug-likeness (QED) is 0.832. The Kier molecular flexibility index (Phi) is 3.56. The monoisotopic (exact) mass is 285 g/mol. The van der Waals surface area contributed by atoms with Crippen LogP contribution >= 0.6 is 0 Å². The molecule has 6 heteroatoms. The molecular weight excluding hydrogens is 267 g/mol. The van der Waals surface area contributed by atoms with Gasteiger partial charge in [-0.25, -0.2) is 9.97 Å². The summed E-state index contributed by atoms with van der Waals surface area (Å²) in [6, 6.07) is 1.88. The summed E-state index contributed by atoms with van der Waals surface area (Å²) in [5.41, 5.74) is 0.982. The Hall–Kier alpha value is -1.33. The van der Waals surface area contributed by atoms with Gasteiger partial charge in [-0.15, -0.1) is 0 Å². The molecule has 2 aliphatic rings. The van der Waals surface area contributed by atoms with Crippen molar-refractivity contribution in [1.29, 1.82) is 0 Å². The molecule has 0 N–H and O–H groups in total. The van der Waals surface area contributed by atoms with Crippen LogP contribution in [0.5, 0.6) is 0 Å². The third kappa shape index (κ3) is 2.74. The van der Waals surface area contributed by atoms with Gasteiger partial charge in [-0.1, -0.05) is 6.42 Å². The van der Waals surface area contributed by atoms with Gasteiger partial charge in [-0.3, -0.25) is 0 Å². The summed E-state index contributed by atoms with van der Waals surface area (Å²) in [4.78, 5) is 10.2. The maximum Gasteiger partial charge on any atom is 0.393 e.